The Morgan fingerprint density at radius 1 is 0.806 bits per heavy atom. The molecule has 0 bridgehead atoms. The summed E-state index contributed by atoms with van der Waals surface area (Å²) < 4.78 is 0. The maximum atomic E-state index is 11.8. The average Bonchev–Trinajstić information content (AvgIpc) is 2.79. The van der Waals surface area contributed by atoms with Crippen LogP contribution in [0.25, 0.3) is 0 Å². The highest BCUT2D eigenvalue weighted by molar-refractivity contribution is 5.94. The van der Waals surface area contributed by atoms with Crippen molar-refractivity contribution in [2.45, 2.75) is 45.4 Å². The number of Topliss-reactive ketones (excluding diaryl/α,β-unsaturated/α-hetero) is 1. The van der Waals surface area contributed by atoms with Gasteiger partial charge in [-0.15, -0.1) is 0 Å². The summed E-state index contributed by atoms with van der Waals surface area (Å²) in [5.41, 5.74) is 4.68. The predicted octanol–water partition coefficient (Wildman–Crippen LogP) is 5.57. The normalized spacial score (nSPS) is 21.0. The fraction of sp³-hybridized carbons (Fsp3) is 0.321. The third-order valence-corrected chi connectivity index (χ3v) is 6.47. The van der Waals surface area contributed by atoms with Crippen LogP contribution in [-0.2, 0) is 6.54 Å². The summed E-state index contributed by atoms with van der Waals surface area (Å²) >= 11 is 0. The van der Waals surface area contributed by atoms with Gasteiger partial charge in [0.2, 0.25) is 0 Å². The molecule has 1 aliphatic rings. The van der Waals surface area contributed by atoms with Gasteiger partial charge >= 0.3 is 0 Å². The molecule has 0 aliphatic carbocycles. The average molecular weight is 413 g/mol. The van der Waals surface area contributed by atoms with Crippen molar-refractivity contribution in [2.24, 2.45) is 0 Å². The molecule has 1 saturated heterocycles. The summed E-state index contributed by atoms with van der Waals surface area (Å²) in [7, 11) is 0. The monoisotopic (exact) mass is 412 g/mol. The molecular formula is C28H32N2O. The van der Waals surface area contributed by atoms with Crippen molar-refractivity contribution in [1.82, 2.24) is 9.80 Å². The molecule has 160 valence electrons. The summed E-state index contributed by atoms with van der Waals surface area (Å²) in [5.74, 6) is 0.110. The van der Waals surface area contributed by atoms with Crippen LogP contribution in [0.3, 0.4) is 0 Å². The Morgan fingerprint density at radius 3 is 2.00 bits per heavy atom. The largest absolute Gasteiger partial charge is 0.295 e. The van der Waals surface area contributed by atoms with Gasteiger partial charge in [-0.1, -0.05) is 84.9 Å². The predicted molar refractivity (Wildman–Crippen MR) is 127 cm³/mol. The minimum absolute atomic E-state index is 0.110. The van der Waals surface area contributed by atoms with E-state index in [1.807, 2.05) is 12.1 Å². The maximum absolute atomic E-state index is 11.8. The molecule has 0 amide bonds. The van der Waals surface area contributed by atoms with Crippen LogP contribution in [0.15, 0.2) is 84.9 Å². The van der Waals surface area contributed by atoms with Crippen molar-refractivity contribution < 1.29 is 4.79 Å². The quantitative estimate of drug-likeness (QED) is 0.494. The highest BCUT2D eigenvalue weighted by atomic mass is 16.1. The Morgan fingerprint density at radius 2 is 1.39 bits per heavy atom. The first kappa shape index (κ1) is 21.5. The van der Waals surface area contributed by atoms with Crippen molar-refractivity contribution in [3.8, 4) is 0 Å². The first-order chi connectivity index (χ1) is 15.0. The number of carbonyl (C=O) groups excluding carboxylic acids is 1. The van der Waals surface area contributed by atoms with Crippen LogP contribution in [0, 0.1) is 0 Å². The lowest BCUT2D eigenvalue weighted by Gasteiger charge is -2.47. The van der Waals surface area contributed by atoms with Gasteiger partial charge in [-0.3, -0.25) is 14.6 Å². The van der Waals surface area contributed by atoms with Gasteiger partial charge in [-0.05, 0) is 37.5 Å². The molecule has 1 fully saturated rings. The molecule has 0 spiro atoms. The molecule has 3 nitrogen and oxygen atoms in total. The highest BCUT2D eigenvalue weighted by Gasteiger charge is 2.34. The second-order valence-corrected chi connectivity index (χ2v) is 8.80. The Kier molecular flexibility index (Phi) is 6.64. The van der Waals surface area contributed by atoms with Gasteiger partial charge in [0.1, 0.15) is 0 Å². The molecule has 4 rings (SSSR count). The van der Waals surface area contributed by atoms with E-state index in [1.165, 1.54) is 16.7 Å². The van der Waals surface area contributed by atoms with Crippen LogP contribution in [-0.4, -0.2) is 40.8 Å². The SMILES string of the molecule is CC(=O)c1ccc([C@H](c2ccccc2)N2C[C@@H](C)N(Cc3ccccc3)C[C@@H]2C)cc1. The minimum atomic E-state index is 0.110. The molecule has 0 radical (unpaired) electrons. The Hall–Kier alpha value is -2.75. The first-order valence-electron chi connectivity index (χ1n) is 11.2. The molecule has 3 aromatic rings. The molecule has 3 heteroatoms. The second-order valence-electron chi connectivity index (χ2n) is 8.80. The topological polar surface area (TPSA) is 23.6 Å². The van der Waals surface area contributed by atoms with Crippen molar-refractivity contribution in [3.63, 3.8) is 0 Å². The molecule has 1 heterocycles. The molecule has 1 aliphatic heterocycles. The number of rotatable bonds is 6. The van der Waals surface area contributed by atoms with Crippen molar-refractivity contribution in [1.29, 1.82) is 0 Å². The van der Waals surface area contributed by atoms with Gasteiger partial charge in [0, 0.05) is 37.3 Å². The van der Waals surface area contributed by atoms with Gasteiger partial charge in [-0.2, -0.15) is 0 Å². The van der Waals surface area contributed by atoms with E-state index in [-0.39, 0.29) is 11.8 Å². The van der Waals surface area contributed by atoms with Crippen molar-refractivity contribution in [3.05, 3.63) is 107 Å². The highest BCUT2D eigenvalue weighted by Crippen LogP contribution is 2.33. The molecule has 0 aromatic heterocycles. The zero-order valence-electron chi connectivity index (χ0n) is 18.7. The smallest absolute Gasteiger partial charge is 0.159 e. The minimum Gasteiger partial charge on any atom is -0.295 e. The Labute approximate surface area is 186 Å². The number of piperazine rings is 1. The molecule has 0 unspecified atom stereocenters. The fourth-order valence-electron chi connectivity index (χ4n) is 4.73. The number of carbonyl (C=O) groups is 1. The molecule has 31 heavy (non-hydrogen) atoms. The van der Waals surface area contributed by atoms with Gasteiger partial charge in [-0.25, -0.2) is 0 Å². The zero-order chi connectivity index (χ0) is 21.8. The van der Waals surface area contributed by atoms with E-state index in [9.17, 15) is 4.79 Å². The third-order valence-electron chi connectivity index (χ3n) is 6.47. The second kappa shape index (κ2) is 9.59. The standard InChI is InChI=1S/C28H32N2O/c1-21-19-30(22(2)18-29(21)20-24-10-6-4-7-11-24)28(26-12-8-5-9-13-26)27-16-14-25(15-17-27)23(3)31/h4-17,21-22,28H,18-20H2,1-3H3/t21-,22+,28+/m1/s1. The molecule has 3 atom stereocenters. The van der Waals surface area contributed by atoms with Crippen LogP contribution < -0.4 is 0 Å². The van der Waals surface area contributed by atoms with Crippen molar-refractivity contribution >= 4 is 5.78 Å². The van der Waals surface area contributed by atoms with Gasteiger partial charge in [0.05, 0.1) is 6.04 Å². The van der Waals surface area contributed by atoms with Crippen molar-refractivity contribution in [2.75, 3.05) is 13.1 Å². The number of hydrogen-bond donors (Lipinski definition) is 0. The van der Waals surface area contributed by atoms with Gasteiger partial charge in [0.15, 0.2) is 5.78 Å². The zero-order valence-corrected chi connectivity index (χ0v) is 18.7. The maximum Gasteiger partial charge on any atom is 0.159 e. The lowest BCUT2D eigenvalue weighted by Crippen LogP contribution is -2.56. The van der Waals surface area contributed by atoms with E-state index >= 15 is 0 Å². The van der Waals surface area contributed by atoms with Crippen LogP contribution in [0.4, 0.5) is 0 Å². The number of ketones is 1. The van der Waals surface area contributed by atoms with Gasteiger partial charge < -0.3 is 0 Å². The van der Waals surface area contributed by atoms with E-state index < -0.39 is 0 Å². The summed E-state index contributed by atoms with van der Waals surface area (Å²) in [6, 6.07) is 30.7. The van der Waals surface area contributed by atoms with E-state index in [2.05, 4.69) is 96.4 Å². The summed E-state index contributed by atoms with van der Waals surface area (Å²) in [5, 5.41) is 0. The Bertz CT molecular complexity index is 985. The van der Waals surface area contributed by atoms with Crippen LogP contribution in [0.2, 0.25) is 0 Å². The lowest BCUT2D eigenvalue weighted by molar-refractivity contribution is 0.0195. The molecule has 3 aromatic carbocycles. The number of nitrogens with zero attached hydrogens (tertiary/aromatic N) is 2. The van der Waals surface area contributed by atoms with Crippen LogP contribution >= 0.6 is 0 Å². The molecule has 0 N–H and O–H groups in total. The van der Waals surface area contributed by atoms with E-state index in [4.69, 9.17) is 0 Å². The Balaban J connectivity index is 1.60. The van der Waals surface area contributed by atoms with E-state index in [0.717, 1.165) is 25.2 Å². The summed E-state index contributed by atoms with van der Waals surface area (Å²) in [6.07, 6.45) is 0. The number of benzene rings is 3. The molecule has 0 saturated carbocycles. The lowest BCUT2D eigenvalue weighted by atomic mass is 9.92. The third kappa shape index (κ3) is 4.95. The fourth-order valence-corrected chi connectivity index (χ4v) is 4.73. The summed E-state index contributed by atoms with van der Waals surface area (Å²) in [6.45, 7) is 9.32. The van der Waals surface area contributed by atoms with E-state index in [0.29, 0.717) is 12.1 Å². The van der Waals surface area contributed by atoms with Crippen LogP contribution in [0.5, 0.6) is 0 Å². The molecular weight excluding hydrogens is 380 g/mol. The number of hydrogen-bond acceptors (Lipinski definition) is 3. The first-order valence-corrected chi connectivity index (χ1v) is 11.2. The van der Waals surface area contributed by atoms with Crippen LogP contribution in [0.1, 0.15) is 53.9 Å². The summed E-state index contributed by atoms with van der Waals surface area (Å²) in [4.78, 5) is 17.0. The van der Waals surface area contributed by atoms with Gasteiger partial charge in [0.25, 0.3) is 0 Å². The van der Waals surface area contributed by atoms with E-state index in [1.54, 1.807) is 6.92 Å².